The van der Waals surface area contributed by atoms with Crippen molar-refractivity contribution >= 4 is 17.3 Å². The molecule has 1 saturated heterocycles. The molecule has 3 N–H and O–H groups in total. The number of nitrogens with zero attached hydrogens (tertiary/aromatic N) is 3. The fourth-order valence-corrected chi connectivity index (χ4v) is 3.75. The number of hydrogen-bond donors (Lipinski definition) is 2. The minimum absolute atomic E-state index is 0.118. The molecule has 1 aromatic carbocycles. The van der Waals surface area contributed by atoms with Gasteiger partial charge in [-0.1, -0.05) is 6.07 Å². The molecule has 1 aromatic heterocycles. The van der Waals surface area contributed by atoms with Crippen molar-refractivity contribution < 1.29 is 28.1 Å². The zero-order valence-corrected chi connectivity index (χ0v) is 18.5. The summed E-state index contributed by atoms with van der Waals surface area (Å²) in [5, 5.41) is 3.06. The van der Waals surface area contributed by atoms with Gasteiger partial charge in [-0.2, -0.15) is 4.98 Å². The molecule has 4 rings (SSSR count). The van der Waals surface area contributed by atoms with E-state index in [0.29, 0.717) is 36.2 Å². The van der Waals surface area contributed by atoms with Crippen LogP contribution in [0, 0.1) is 0 Å². The van der Waals surface area contributed by atoms with Crippen LogP contribution in [0.1, 0.15) is 13.2 Å². The van der Waals surface area contributed by atoms with E-state index in [2.05, 4.69) is 15.3 Å². The Labute approximate surface area is 189 Å². The van der Waals surface area contributed by atoms with Crippen LogP contribution in [-0.2, 0) is 14.2 Å². The lowest BCUT2D eigenvalue weighted by atomic mass is 10.1. The van der Waals surface area contributed by atoms with Crippen molar-refractivity contribution in [1.82, 2.24) is 9.55 Å². The first-order chi connectivity index (χ1) is 15.9. The number of hydrogen-bond acceptors (Lipinski definition) is 9. The second-order valence-corrected chi connectivity index (χ2v) is 7.54. The number of amidine groups is 1. The minimum atomic E-state index is -1.60. The summed E-state index contributed by atoms with van der Waals surface area (Å²) in [6.07, 6.45) is -3.02. The molecule has 2 aliphatic heterocycles. The molecule has 4 atom stereocenters. The number of benzene rings is 1. The number of methoxy groups -OCH3 is 2. The van der Waals surface area contributed by atoms with Crippen molar-refractivity contribution in [3.8, 4) is 17.2 Å². The van der Waals surface area contributed by atoms with Crippen molar-refractivity contribution in [3.63, 3.8) is 0 Å². The molecule has 33 heavy (non-hydrogen) atoms. The van der Waals surface area contributed by atoms with Gasteiger partial charge in [0.2, 0.25) is 0 Å². The highest BCUT2D eigenvalue weighted by molar-refractivity contribution is 5.78. The van der Waals surface area contributed by atoms with Crippen molar-refractivity contribution in [2.24, 2.45) is 10.7 Å². The maximum Gasteiger partial charge on any atom is 0.352 e. The normalized spacial score (nSPS) is 23.9. The third-order valence-electron chi connectivity index (χ3n) is 5.22. The van der Waals surface area contributed by atoms with Crippen LogP contribution < -0.4 is 26.2 Å². The third kappa shape index (κ3) is 4.63. The van der Waals surface area contributed by atoms with Gasteiger partial charge in [-0.15, -0.1) is 0 Å². The molecular formula is C21H26FN5O6. The van der Waals surface area contributed by atoms with E-state index in [1.807, 2.05) is 0 Å². The largest absolute Gasteiger partial charge is 0.489 e. The molecule has 0 bridgehead atoms. The molecule has 0 radical (unpaired) electrons. The standard InChI is InChI=1S/C21H26FN5O6/c1-11(23)24-7-8-31-12-5-4-6-13-17(12)25-19-14(32-13)9-27(21(28)26-19)20-16(22)18(30-3)15(33-20)10-29-2/h4-6,9,15-16,18,20H,7-8,10H2,1-3H3,(H2,23,24)(H,25,26,28)/t15?,16?,18-,20-/m1/s1. The van der Waals surface area contributed by atoms with Gasteiger partial charge < -0.3 is 34.7 Å². The minimum Gasteiger partial charge on any atom is -0.489 e. The van der Waals surface area contributed by atoms with Crippen LogP contribution in [0.3, 0.4) is 0 Å². The molecule has 11 nitrogen and oxygen atoms in total. The molecule has 2 aliphatic rings. The summed E-state index contributed by atoms with van der Waals surface area (Å²) in [5.41, 5.74) is 5.34. The number of rotatable bonds is 8. The Hall–Kier alpha value is -3.22. The Bertz CT molecular complexity index is 1090. The first-order valence-electron chi connectivity index (χ1n) is 10.3. The molecule has 0 amide bonds. The Kier molecular flexibility index (Phi) is 6.77. The molecule has 3 heterocycles. The summed E-state index contributed by atoms with van der Waals surface area (Å²) in [7, 11) is 2.86. The van der Waals surface area contributed by atoms with E-state index < -0.39 is 30.3 Å². The first-order valence-corrected chi connectivity index (χ1v) is 10.3. The second kappa shape index (κ2) is 9.73. The van der Waals surface area contributed by atoms with Gasteiger partial charge >= 0.3 is 5.69 Å². The molecule has 0 saturated carbocycles. The number of nitrogens with two attached hydrogens (primary N) is 1. The molecule has 178 valence electrons. The summed E-state index contributed by atoms with van der Waals surface area (Å²) in [4.78, 5) is 20.9. The van der Waals surface area contributed by atoms with Crippen LogP contribution in [0.15, 0.2) is 34.2 Å². The number of alkyl halides is 1. The lowest BCUT2D eigenvalue weighted by Gasteiger charge is -2.24. The van der Waals surface area contributed by atoms with E-state index in [-0.39, 0.29) is 18.2 Å². The van der Waals surface area contributed by atoms with E-state index >= 15 is 4.39 Å². The highest BCUT2D eigenvalue weighted by Crippen LogP contribution is 2.45. The fraction of sp³-hybridized carbons (Fsp3) is 0.476. The first kappa shape index (κ1) is 23.0. The molecule has 12 heteroatoms. The monoisotopic (exact) mass is 463 g/mol. The Morgan fingerprint density at radius 3 is 2.91 bits per heavy atom. The number of fused-ring (bicyclic) bond motifs is 2. The number of ether oxygens (including phenoxy) is 5. The number of anilines is 2. The van der Waals surface area contributed by atoms with Gasteiger partial charge in [0.1, 0.15) is 30.3 Å². The van der Waals surface area contributed by atoms with Gasteiger partial charge in [-0.05, 0) is 19.1 Å². The topological polar surface area (TPSA) is 131 Å². The average Bonchev–Trinajstić information content (AvgIpc) is 3.10. The third-order valence-corrected chi connectivity index (χ3v) is 5.22. The van der Waals surface area contributed by atoms with E-state index in [1.165, 1.54) is 20.4 Å². The van der Waals surface area contributed by atoms with Gasteiger partial charge in [0.15, 0.2) is 29.7 Å². The average molecular weight is 463 g/mol. The van der Waals surface area contributed by atoms with Crippen LogP contribution in [0.25, 0.3) is 0 Å². The maximum atomic E-state index is 15.0. The lowest BCUT2D eigenvalue weighted by molar-refractivity contribution is -0.0625. The van der Waals surface area contributed by atoms with Crippen molar-refractivity contribution in [2.45, 2.75) is 31.5 Å². The second-order valence-electron chi connectivity index (χ2n) is 7.54. The van der Waals surface area contributed by atoms with Crippen molar-refractivity contribution in [3.05, 3.63) is 34.9 Å². The van der Waals surface area contributed by atoms with Crippen molar-refractivity contribution in [2.75, 3.05) is 39.3 Å². The van der Waals surface area contributed by atoms with Gasteiger partial charge in [0.05, 0.1) is 25.2 Å². The Morgan fingerprint density at radius 1 is 1.36 bits per heavy atom. The highest BCUT2D eigenvalue weighted by Gasteiger charge is 2.47. The molecule has 0 aliphatic carbocycles. The SMILES string of the molecule is COCC1O[C@@H](n2cc3c(nc2=O)Nc2c(OCCN=C(C)N)cccc2O3)C(F)[C@@H]1OC. The number of nitrogens with one attached hydrogen (secondary N) is 1. The smallest absolute Gasteiger partial charge is 0.352 e. The quantitative estimate of drug-likeness (QED) is 0.291. The number of halogens is 1. The van der Waals surface area contributed by atoms with Gasteiger partial charge in [-0.3, -0.25) is 9.56 Å². The van der Waals surface area contributed by atoms with Gasteiger partial charge in [-0.25, -0.2) is 9.18 Å². The van der Waals surface area contributed by atoms with Gasteiger partial charge in [0.25, 0.3) is 0 Å². The van der Waals surface area contributed by atoms with E-state index in [1.54, 1.807) is 25.1 Å². The van der Waals surface area contributed by atoms with Crippen LogP contribution in [0.4, 0.5) is 15.9 Å². The Balaban J connectivity index is 1.57. The lowest BCUT2D eigenvalue weighted by Crippen LogP contribution is -2.35. The number of aliphatic imine (C=N–C) groups is 1. The fourth-order valence-electron chi connectivity index (χ4n) is 3.75. The van der Waals surface area contributed by atoms with Crippen LogP contribution in [0.2, 0.25) is 0 Å². The summed E-state index contributed by atoms with van der Waals surface area (Å²) in [5.74, 6) is 1.85. The molecule has 0 spiro atoms. The zero-order valence-electron chi connectivity index (χ0n) is 18.5. The summed E-state index contributed by atoms with van der Waals surface area (Å²) in [6, 6.07) is 5.24. The predicted octanol–water partition coefficient (Wildman–Crippen LogP) is 1.75. The molecule has 1 fully saturated rings. The Morgan fingerprint density at radius 2 is 2.18 bits per heavy atom. The summed E-state index contributed by atoms with van der Waals surface area (Å²) in [6.45, 7) is 2.51. The maximum absolute atomic E-state index is 15.0. The summed E-state index contributed by atoms with van der Waals surface area (Å²) >= 11 is 0. The summed E-state index contributed by atoms with van der Waals surface area (Å²) < 4.78 is 43.8. The van der Waals surface area contributed by atoms with Gasteiger partial charge in [0, 0.05) is 14.2 Å². The zero-order chi connectivity index (χ0) is 23.5. The molecular weight excluding hydrogens is 437 g/mol. The van der Waals surface area contributed by atoms with Crippen molar-refractivity contribution in [1.29, 1.82) is 0 Å². The highest BCUT2D eigenvalue weighted by atomic mass is 19.1. The van der Waals surface area contributed by atoms with E-state index in [0.717, 1.165) is 4.57 Å². The number of para-hydroxylation sites is 1. The molecule has 2 aromatic rings. The van der Waals surface area contributed by atoms with E-state index in [9.17, 15) is 4.79 Å². The number of aromatic nitrogens is 2. The van der Waals surface area contributed by atoms with Crippen LogP contribution in [0.5, 0.6) is 17.2 Å². The van der Waals surface area contributed by atoms with Crippen LogP contribution >= 0.6 is 0 Å². The molecule has 2 unspecified atom stereocenters. The van der Waals surface area contributed by atoms with E-state index in [4.69, 9.17) is 29.4 Å². The predicted molar refractivity (Wildman–Crippen MR) is 117 cm³/mol. The van der Waals surface area contributed by atoms with Crippen LogP contribution in [-0.4, -0.2) is 67.7 Å².